The Morgan fingerprint density at radius 1 is 1.11 bits per heavy atom. The zero-order valence-corrected chi connectivity index (χ0v) is 14.3. The van der Waals surface area contributed by atoms with Crippen LogP contribution in [0.2, 0.25) is 0 Å². The summed E-state index contributed by atoms with van der Waals surface area (Å²) < 4.78 is 39.1. The van der Waals surface area contributed by atoms with E-state index in [0.29, 0.717) is 17.9 Å². The average molecular weight is 377 g/mol. The van der Waals surface area contributed by atoms with E-state index < -0.39 is 35.7 Å². The van der Waals surface area contributed by atoms with Crippen LogP contribution in [-0.4, -0.2) is 24.9 Å². The molecule has 1 aliphatic rings. The van der Waals surface area contributed by atoms with Gasteiger partial charge in [-0.05, 0) is 42.7 Å². The van der Waals surface area contributed by atoms with E-state index in [0.717, 1.165) is 30.5 Å². The molecule has 1 aliphatic heterocycles. The Hall–Kier alpha value is -3.03. The van der Waals surface area contributed by atoms with E-state index in [1.54, 1.807) is 18.2 Å². The van der Waals surface area contributed by atoms with Gasteiger partial charge in [-0.1, -0.05) is 18.2 Å². The van der Waals surface area contributed by atoms with Crippen LogP contribution in [0.15, 0.2) is 42.5 Å². The number of nitrogens with one attached hydrogen (secondary N) is 1. The topological polar surface area (TPSA) is 75.4 Å². The monoisotopic (exact) mass is 377 g/mol. The molecule has 0 fully saturated rings. The summed E-state index contributed by atoms with van der Waals surface area (Å²) in [7, 11) is 0. The number of alkyl halides is 3. The van der Waals surface area contributed by atoms with Crippen LogP contribution in [-0.2, 0) is 17.4 Å². The summed E-state index contributed by atoms with van der Waals surface area (Å²) in [5.41, 5.74) is 6.53. The number of nitrogen functional groups attached to an aromatic ring is 1. The van der Waals surface area contributed by atoms with Crippen LogP contribution in [0.25, 0.3) is 0 Å². The lowest BCUT2D eigenvalue weighted by molar-refractivity contribution is -0.137. The number of benzene rings is 2. The SMILES string of the molecule is Nc1cccc2c1CCCN2C(=O)CNC(=O)c1ccccc1C(F)(F)F. The van der Waals surface area contributed by atoms with Crippen LogP contribution in [0.4, 0.5) is 24.5 Å². The molecular weight excluding hydrogens is 359 g/mol. The highest BCUT2D eigenvalue weighted by atomic mass is 19.4. The molecule has 5 nitrogen and oxygen atoms in total. The average Bonchev–Trinajstić information content (AvgIpc) is 2.65. The molecule has 0 aromatic heterocycles. The van der Waals surface area contributed by atoms with Gasteiger partial charge in [0.1, 0.15) is 0 Å². The predicted molar refractivity (Wildman–Crippen MR) is 95.3 cm³/mol. The van der Waals surface area contributed by atoms with Gasteiger partial charge in [0.2, 0.25) is 5.91 Å². The van der Waals surface area contributed by atoms with Crippen molar-refractivity contribution in [2.75, 3.05) is 23.7 Å². The molecule has 0 atom stereocenters. The van der Waals surface area contributed by atoms with Gasteiger partial charge in [0.25, 0.3) is 5.91 Å². The number of rotatable bonds is 3. The van der Waals surface area contributed by atoms with E-state index in [2.05, 4.69) is 5.32 Å². The number of carbonyl (C=O) groups excluding carboxylic acids is 2. The Kier molecular flexibility index (Phi) is 5.07. The molecule has 1 heterocycles. The third-order valence-electron chi connectivity index (χ3n) is 4.47. The molecule has 0 aliphatic carbocycles. The summed E-state index contributed by atoms with van der Waals surface area (Å²) in [6, 6.07) is 9.72. The van der Waals surface area contributed by atoms with Gasteiger partial charge in [-0.3, -0.25) is 9.59 Å². The second-order valence-corrected chi connectivity index (χ2v) is 6.22. The lowest BCUT2D eigenvalue weighted by atomic mass is 10.00. The molecule has 3 rings (SSSR count). The highest BCUT2D eigenvalue weighted by Crippen LogP contribution is 2.32. The number of fused-ring (bicyclic) bond motifs is 1. The Labute approximate surface area is 154 Å². The van der Waals surface area contributed by atoms with Crippen molar-refractivity contribution in [1.29, 1.82) is 0 Å². The number of anilines is 2. The molecule has 0 radical (unpaired) electrons. The van der Waals surface area contributed by atoms with Gasteiger partial charge in [0.15, 0.2) is 0 Å². The Bertz CT molecular complexity index is 881. The number of nitrogens with zero attached hydrogens (tertiary/aromatic N) is 1. The van der Waals surface area contributed by atoms with Crippen LogP contribution in [0, 0.1) is 0 Å². The van der Waals surface area contributed by atoms with Gasteiger partial charge in [0.05, 0.1) is 17.7 Å². The molecule has 8 heteroatoms. The minimum atomic E-state index is -4.65. The first-order valence-corrected chi connectivity index (χ1v) is 8.41. The first-order valence-electron chi connectivity index (χ1n) is 8.41. The third kappa shape index (κ3) is 3.89. The Morgan fingerprint density at radius 3 is 2.59 bits per heavy atom. The van der Waals surface area contributed by atoms with E-state index in [1.165, 1.54) is 17.0 Å². The maximum absolute atomic E-state index is 13.0. The number of halogens is 3. The normalized spacial score (nSPS) is 13.8. The predicted octanol–water partition coefficient (Wildman–Crippen LogP) is 3.00. The fraction of sp³-hybridized carbons (Fsp3) is 0.263. The maximum Gasteiger partial charge on any atom is 0.417 e. The quantitative estimate of drug-likeness (QED) is 0.808. The maximum atomic E-state index is 13.0. The molecule has 0 bridgehead atoms. The molecule has 3 N–H and O–H groups in total. The van der Waals surface area contributed by atoms with Gasteiger partial charge >= 0.3 is 6.18 Å². The van der Waals surface area contributed by atoms with Crippen LogP contribution in [0.5, 0.6) is 0 Å². The first kappa shape index (κ1) is 18.8. The minimum absolute atomic E-state index is 0.403. The molecule has 0 spiro atoms. The van der Waals surface area contributed by atoms with Crippen LogP contribution >= 0.6 is 0 Å². The third-order valence-corrected chi connectivity index (χ3v) is 4.47. The summed E-state index contributed by atoms with van der Waals surface area (Å²) in [6.07, 6.45) is -3.18. The van der Waals surface area contributed by atoms with Crippen molar-refractivity contribution in [3.63, 3.8) is 0 Å². The van der Waals surface area contributed by atoms with Crippen LogP contribution < -0.4 is 16.0 Å². The van der Waals surface area contributed by atoms with Gasteiger partial charge in [-0.25, -0.2) is 0 Å². The molecule has 2 amide bonds. The largest absolute Gasteiger partial charge is 0.417 e. The molecule has 2 aromatic carbocycles. The fourth-order valence-electron chi connectivity index (χ4n) is 3.19. The summed E-state index contributed by atoms with van der Waals surface area (Å²) in [5, 5.41) is 2.29. The lowest BCUT2D eigenvalue weighted by Crippen LogP contribution is -2.43. The van der Waals surface area contributed by atoms with Gasteiger partial charge in [-0.2, -0.15) is 13.2 Å². The summed E-state index contributed by atoms with van der Waals surface area (Å²) in [4.78, 5) is 26.2. The molecule has 27 heavy (non-hydrogen) atoms. The number of carbonyl (C=O) groups is 2. The molecule has 142 valence electrons. The number of amides is 2. The number of hydrogen-bond acceptors (Lipinski definition) is 3. The second kappa shape index (κ2) is 7.30. The Balaban J connectivity index is 1.73. The van der Waals surface area contributed by atoms with E-state index in [9.17, 15) is 22.8 Å². The highest BCUT2D eigenvalue weighted by molar-refractivity contribution is 6.02. The highest BCUT2D eigenvalue weighted by Gasteiger charge is 2.35. The summed E-state index contributed by atoms with van der Waals surface area (Å²) in [6.45, 7) is 0.0591. The van der Waals surface area contributed by atoms with E-state index >= 15 is 0 Å². The van der Waals surface area contributed by atoms with E-state index in [-0.39, 0.29) is 0 Å². The van der Waals surface area contributed by atoms with E-state index in [1.807, 2.05) is 0 Å². The van der Waals surface area contributed by atoms with Crippen molar-refractivity contribution < 1.29 is 22.8 Å². The summed E-state index contributed by atoms with van der Waals surface area (Å²) in [5.74, 6) is -1.35. The van der Waals surface area contributed by atoms with Crippen LogP contribution in [0.3, 0.4) is 0 Å². The van der Waals surface area contributed by atoms with Crippen molar-refractivity contribution in [1.82, 2.24) is 5.32 Å². The first-order chi connectivity index (χ1) is 12.8. The molecule has 0 saturated carbocycles. The fourth-order valence-corrected chi connectivity index (χ4v) is 3.19. The molecule has 0 unspecified atom stereocenters. The standard InChI is InChI=1S/C19H18F3N3O2/c20-19(21,22)14-7-2-1-5-12(14)18(27)24-11-17(26)25-10-4-6-13-15(23)8-3-9-16(13)25/h1-3,5,7-9H,4,6,10-11,23H2,(H,24,27). The van der Waals surface area contributed by atoms with Crippen LogP contribution in [0.1, 0.15) is 27.9 Å². The van der Waals surface area contributed by atoms with Crippen molar-refractivity contribution >= 4 is 23.2 Å². The zero-order valence-electron chi connectivity index (χ0n) is 14.3. The summed E-state index contributed by atoms with van der Waals surface area (Å²) >= 11 is 0. The van der Waals surface area contributed by atoms with Crippen molar-refractivity contribution in [2.24, 2.45) is 0 Å². The smallest absolute Gasteiger partial charge is 0.398 e. The molecule has 2 aromatic rings. The Morgan fingerprint density at radius 2 is 1.85 bits per heavy atom. The van der Waals surface area contributed by atoms with Gasteiger partial charge < -0.3 is 16.0 Å². The molecule has 0 saturated heterocycles. The minimum Gasteiger partial charge on any atom is -0.398 e. The van der Waals surface area contributed by atoms with Gasteiger partial charge in [0, 0.05) is 17.9 Å². The van der Waals surface area contributed by atoms with Gasteiger partial charge in [-0.15, -0.1) is 0 Å². The number of hydrogen-bond donors (Lipinski definition) is 2. The van der Waals surface area contributed by atoms with E-state index in [4.69, 9.17) is 5.73 Å². The van der Waals surface area contributed by atoms with Crippen molar-refractivity contribution in [3.05, 3.63) is 59.2 Å². The zero-order chi connectivity index (χ0) is 19.6. The van der Waals surface area contributed by atoms with Crippen molar-refractivity contribution in [2.45, 2.75) is 19.0 Å². The number of nitrogens with two attached hydrogens (primary N) is 1. The molecular formula is C19H18F3N3O2. The second-order valence-electron chi connectivity index (χ2n) is 6.22. The van der Waals surface area contributed by atoms with Crippen molar-refractivity contribution in [3.8, 4) is 0 Å². The lowest BCUT2D eigenvalue weighted by Gasteiger charge is -2.30.